The van der Waals surface area contributed by atoms with Crippen LogP contribution in [0.15, 0.2) is 48.5 Å². The van der Waals surface area contributed by atoms with Crippen LogP contribution in [0, 0.1) is 0 Å². The zero-order valence-corrected chi connectivity index (χ0v) is 16.0. The highest BCUT2D eigenvalue weighted by Gasteiger charge is 2.24. The highest BCUT2D eigenvalue weighted by Crippen LogP contribution is 2.33. The molecule has 2 aromatic carbocycles. The van der Waals surface area contributed by atoms with E-state index in [0.717, 1.165) is 18.1 Å². The van der Waals surface area contributed by atoms with Crippen LogP contribution in [0.2, 0.25) is 0 Å². The van der Waals surface area contributed by atoms with Gasteiger partial charge in [0.15, 0.2) is 0 Å². The van der Waals surface area contributed by atoms with Crippen molar-refractivity contribution in [3.63, 3.8) is 0 Å². The van der Waals surface area contributed by atoms with E-state index in [0.29, 0.717) is 13.2 Å². The van der Waals surface area contributed by atoms with Crippen molar-refractivity contribution in [3.8, 4) is 11.5 Å². The van der Waals surface area contributed by atoms with Crippen LogP contribution in [-0.2, 0) is 14.9 Å². The first kappa shape index (κ1) is 18.7. The fourth-order valence-corrected chi connectivity index (χ4v) is 2.74. The van der Waals surface area contributed by atoms with Gasteiger partial charge in [0.05, 0.1) is 12.7 Å². The van der Waals surface area contributed by atoms with E-state index >= 15 is 0 Å². The number of benzene rings is 2. The first-order valence-electron chi connectivity index (χ1n) is 9.10. The SMILES string of the molecule is COC(C)COc1ccc(C(C)(C)c2ccc(OC[C@@H]3CO3)cc2)cc1. The smallest absolute Gasteiger partial charge is 0.119 e. The summed E-state index contributed by atoms with van der Waals surface area (Å²) in [5, 5.41) is 0. The number of rotatable bonds is 9. The van der Waals surface area contributed by atoms with Gasteiger partial charge >= 0.3 is 0 Å². The second-order valence-corrected chi connectivity index (χ2v) is 7.30. The summed E-state index contributed by atoms with van der Waals surface area (Å²) in [6.45, 7) is 8.43. The topological polar surface area (TPSA) is 40.2 Å². The molecular formula is C22H28O4. The number of hydrogen-bond donors (Lipinski definition) is 0. The monoisotopic (exact) mass is 356 g/mol. The van der Waals surface area contributed by atoms with Crippen LogP contribution < -0.4 is 9.47 Å². The second-order valence-electron chi connectivity index (χ2n) is 7.30. The Labute approximate surface area is 156 Å². The first-order valence-corrected chi connectivity index (χ1v) is 9.10. The van der Waals surface area contributed by atoms with Gasteiger partial charge in [0.2, 0.25) is 0 Å². The normalized spacial score (nSPS) is 17.6. The van der Waals surface area contributed by atoms with Crippen molar-refractivity contribution in [1.82, 2.24) is 0 Å². The molecule has 1 aliphatic rings. The van der Waals surface area contributed by atoms with Crippen LogP contribution in [0.5, 0.6) is 11.5 Å². The highest BCUT2D eigenvalue weighted by atomic mass is 16.6. The lowest BCUT2D eigenvalue weighted by molar-refractivity contribution is 0.0716. The Hall–Kier alpha value is -2.04. The maximum absolute atomic E-state index is 5.75. The third-order valence-electron chi connectivity index (χ3n) is 4.88. The Kier molecular flexibility index (Phi) is 5.84. The molecule has 0 aliphatic carbocycles. The van der Waals surface area contributed by atoms with E-state index in [9.17, 15) is 0 Å². The minimum Gasteiger partial charge on any atom is -0.491 e. The summed E-state index contributed by atoms with van der Waals surface area (Å²) in [5.41, 5.74) is 2.38. The van der Waals surface area contributed by atoms with E-state index < -0.39 is 0 Å². The molecule has 3 rings (SSSR count). The molecule has 2 aromatic rings. The summed E-state index contributed by atoms with van der Waals surface area (Å²) >= 11 is 0. The van der Waals surface area contributed by atoms with Crippen LogP contribution in [0.1, 0.15) is 31.9 Å². The Morgan fingerprint density at radius 3 is 1.92 bits per heavy atom. The molecule has 4 nitrogen and oxygen atoms in total. The minimum atomic E-state index is -0.101. The largest absolute Gasteiger partial charge is 0.491 e. The lowest BCUT2D eigenvalue weighted by Crippen LogP contribution is -2.19. The fraction of sp³-hybridized carbons (Fsp3) is 0.455. The Bertz CT molecular complexity index is 687. The van der Waals surface area contributed by atoms with Crippen molar-refractivity contribution < 1.29 is 18.9 Å². The molecule has 0 aromatic heterocycles. The minimum absolute atomic E-state index is 0.0818. The van der Waals surface area contributed by atoms with Crippen molar-refractivity contribution in [1.29, 1.82) is 0 Å². The molecule has 1 unspecified atom stereocenters. The lowest BCUT2D eigenvalue weighted by atomic mass is 9.78. The van der Waals surface area contributed by atoms with Crippen molar-refractivity contribution in [3.05, 3.63) is 59.7 Å². The average Bonchev–Trinajstić information content (AvgIpc) is 3.49. The summed E-state index contributed by atoms with van der Waals surface area (Å²) in [6.07, 6.45) is 0.358. The van der Waals surface area contributed by atoms with E-state index in [2.05, 4.69) is 38.1 Å². The maximum atomic E-state index is 5.75. The fourth-order valence-electron chi connectivity index (χ4n) is 2.74. The van der Waals surface area contributed by atoms with Crippen molar-refractivity contribution in [2.45, 2.75) is 38.4 Å². The predicted octanol–water partition coefficient (Wildman–Crippen LogP) is 4.20. The number of methoxy groups -OCH3 is 1. The molecule has 0 spiro atoms. The van der Waals surface area contributed by atoms with Crippen LogP contribution in [0.3, 0.4) is 0 Å². The van der Waals surface area contributed by atoms with E-state index in [1.54, 1.807) is 7.11 Å². The van der Waals surface area contributed by atoms with Gasteiger partial charge in [-0.25, -0.2) is 0 Å². The molecule has 0 N–H and O–H groups in total. The van der Waals surface area contributed by atoms with Gasteiger partial charge in [-0.05, 0) is 42.3 Å². The van der Waals surface area contributed by atoms with E-state index in [4.69, 9.17) is 18.9 Å². The molecule has 1 aliphatic heterocycles. The van der Waals surface area contributed by atoms with E-state index in [-0.39, 0.29) is 17.6 Å². The third-order valence-corrected chi connectivity index (χ3v) is 4.88. The van der Waals surface area contributed by atoms with Gasteiger partial charge in [0.1, 0.15) is 30.8 Å². The van der Waals surface area contributed by atoms with E-state index in [1.165, 1.54) is 11.1 Å². The quantitative estimate of drug-likeness (QED) is 0.631. The summed E-state index contributed by atoms with van der Waals surface area (Å²) in [6, 6.07) is 16.6. The van der Waals surface area contributed by atoms with Crippen molar-refractivity contribution in [2.24, 2.45) is 0 Å². The molecule has 1 saturated heterocycles. The van der Waals surface area contributed by atoms with Crippen LogP contribution in [-0.4, -0.2) is 39.1 Å². The molecule has 4 heteroatoms. The van der Waals surface area contributed by atoms with Gasteiger partial charge in [-0.1, -0.05) is 38.1 Å². The van der Waals surface area contributed by atoms with Gasteiger partial charge in [-0.15, -0.1) is 0 Å². The van der Waals surface area contributed by atoms with Gasteiger partial charge in [0, 0.05) is 12.5 Å². The molecule has 140 valence electrons. The zero-order valence-electron chi connectivity index (χ0n) is 16.0. The van der Waals surface area contributed by atoms with Crippen LogP contribution >= 0.6 is 0 Å². The Morgan fingerprint density at radius 2 is 1.46 bits per heavy atom. The molecular weight excluding hydrogens is 328 g/mol. The van der Waals surface area contributed by atoms with Crippen molar-refractivity contribution >= 4 is 0 Å². The molecule has 1 fully saturated rings. The molecule has 0 radical (unpaired) electrons. The molecule has 1 heterocycles. The molecule has 2 atom stereocenters. The second kappa shape index (κ2) is 8.11. The highest BCUT2D eigenvalue weighted by molar-refractivity contribution is 5.41. The lowest BCUT2D eigenvalue weighted by Gasteiger charge is -2.26. The summed E-state index contributed by atoms with van der Waals surface area (Å²) in [7, 11) is 1.69. The van der Waals surface area contributed by atoms with E-state index in [1.807, 2.05) is 31.2 Å². The molecule has 0 saturated carbocycles. The zero-order chi connectivity index (χ0) is 18.6. The molecule has 26 heavy (non-hydrogen) atoms. The van der Waals surface area contributed by atoms with Crippen LogP contribution in [0.25, 0.3) is 0 Å². The first-order chi connectivity index (χ1) is 12.5. The van der Waals surface area contributed by atoms with Gasteiger partial charge in [0.25, 0.3) is 0 Å². The molecule has 0 amide bonds. The predicted molar refractivity (Wildman–Crippen MR) is 102 cm³/mol. The van der Waals surface area contributed by atoms with Gasteiger partial charge in [-0.3, -0.25) is 0 Å². The maximum Gasteiger partial charge on any atom is 0.119 e. The van der Waals surface area contributed by atoms with Crippen molar-refractivity contribution in [2.75, 3.05) is 26.9 Å². The van der Waals surface area contributed by atoms with Gasteiger partial charge in [-0.2, -0.15) is 0 Å². The number of ether oxygens (including phenoxy) is 4. The molecule has 0 bridgehead atoms. The number of hydrogen-bond acceptors (Lipinski definition) is 4. The Balaban J connectivity index is 1.64. The average molecular weight is 356 g/mol. The standard InChI is InChI=1S/C22H28O4/c1-16(23-4)13-24-19-9-5-17(6-10-19)22(2,3)18-7-11-20(12-8-18)25-14-21-15-26-21/h5-12,16,21H,13-15H2,1-4H3/t16?,21-/m1/s1. The Morgan fingerprint density at radius 1 is 0.962 bits per heavy atom. The van der Waals surface area contributed by atoms with Crippen LogP contribution in [0.4, 0.5) is 0 Å². The summed E-state index contributed by atoms with van der Waals surface area (Å²) in [5.74, 6) is 1.75. The summed E-state index contributed by atoms with van der Waals surface area (Å²) in [4.78, 5) is 0. The third kappa shape index (κ3) is 4.77. The number of epoxide rings is 1. The van der Waals surface area contributed by atoms with Gasteiger partial charge < -0.3 is 18.9 Å². The summed E-state index contributed by atoms with van der Waals surface area (Å²) < 4.78 is 21.8.